The Labute approximate surface area is 143 Å². The average molecular weight is 376 g/mol. The van der Waals surface area contributed by atoms with E-state index in [1.54, 1.807) is 18.5 Å². The molecule has 0 radical (unpaired) electrons. The Bertz CT molecular complexity index is 687. The monoisotopic (exact) mass is 375 g/mol. The van der Waals surface area contributed by atoms with Gasteiger partial charge in [0.2, 0.25) is 0 Å². The van der Waals surface area contributed by atoms with Crippen LogP contribution in [-0.4, -0.2) is 23.7 Å². The van der Waals surface area contributed by atoms with Crippen LogP contribution in [0.5, 0.6) is 5.75 Å². The number of ether oxygens (including phenoxy) is 1. The molecule has 6 heteroatoms. The number of rotatable bonds is 6. The number of carbonyl (C=O) groups excluding carboxylic acids is 1. The molecule has 0 aliphatic carbocycles. The number of nitrogens with zero attached hydrogens (tertiary/aromatic N) is 2. The molecular weight excluding hydrogens is 358 g/mol. The summed E-state index contributed by atoms with van der Waals surface area (Å²) < 4.78 is 6.58. The maximum Gasteiger partial charge on any atom is 0.277 e. The third-order valence-electron chi connectivity index (χ3n) is 3.04. The second-order valence-corrected chi connectivity index (χ2v) is 6.12. The normalized spacial score (nSPS) is 11.0. The first-order chi connectivity index (χ1) is 11.1. The number of carbonyl (C=O) groups is 1. The van der Waals surface area contributed by atoms with Crippen LogP contribution in [0.15, 0.2) is 52.3 Å². The van der Waals surface area contributed by atoms with Crippen LogP contribution in [0.4, 0.5) is 0 Å². The Balaban J connectivity index is 1.88. The van der Waals surface area contributed by atoms with Crippen LogP contribution in [0.25, 0.3) is 0 Å². The summed E-state index contributed by atoms with van der Waals surface area (Å²) in [4.78, 5) is 15.7. The summed E-state index contributed by atoms with van der Waals surface area (Å²) in [6, 6.07) is 9.38. The highest BCUT2D eigenvalue weighted by Crippen LogP contribution is 2.29. The number of hydrazone groups is 1. The summed E-state index contributed by atoms with van der Waals surface area (Å²) in [6.07, 6.45) is 4.86. The van der Waals surface area contributed by atoms with E-state index in [-0.39, 0.29) is 12.5 Å². The van der Waals surface area contributed by atoms with Crippen molar-refractivity contribution >= 4 is 28.1 Å². The predicted molar refractivity (Wildman–Crippen MR) is 93.7 cm³/mol. The van der Waals surface area contributed by atoms with Crippen molar-refractivity contribution in [2.24, 2.45) is 5.10 Å². The van der Waals surface area contributed by atoms with Gasteiger partial charge in [-0.25, -0.2) is 5.43 Å². The molecule has 0 spiro atoms. The topological polar surface area (TPSA) is 63.6 Å². The van der Waals surface area contributed by atoms with Crippen molar-refractivity contribution in [1.82, 2.24) is 10.4 Å². The molecule has 0 fully saturated rings. The Hall–Kier alpha value is -2.21. The van der Waals surface area contributed by atoms with E-state index in [1.807, 2.05) is 24.3 Å². The summed E-state index contributed by atoms with van der Waals surface area (Å²) in [6.45, 7) is 4.06. The molecule has 1 aromatic carbocycles. The molecule has 5 nitrogen and oxygen atoms in total. The second kappa shape index (κ2) is 8.43. The first kappa shape index (κ1) is 17.1. The molecule has 1 aromatic heterocycles. The van der Waals surface area contributed by atoms with Gasteiger partial charge in [0.15, 0.2) is 6.61 Å². The van der Waals surface area contributed by atoms with Crippen LogP contribution < -0.4 is 10.2 Å². The highest BCUT2D eigenvalue weighted by molar-refractivity contribution is 9.10. The van der Waals surface area contributed by atoms with Crippen molar-refractivity contribution in [2.45, 2.75) is 19.8 Å². The number of halogens is 1. The zero-order valence-corrected chi connectivity index (χ0v) is 14.6. The van der Waals surface area contributed by atoms with E-state index < -0.39 is 0 Å². The molecule has 1 N–H and O–H groups in total. The van der Waals surface area contributed by atoms with Gasteiger partial charge in [0.05, 0.1) is 6.21 Å². The fraction of sp³-hybridized carbons (Fsp3) is 0.235. The third-order valence-corrected chi connectivity index (χ3v) is 3.53. The molecule has 2 aromatic rings. The fourth-order valence-corrected chi connectivity index (χ4v) is 2.29. The second-order valence-electron chi connectivity index (χ2n) is 5.21. The number of hydrogen-bond donors (Lipinski definition) is 1. The molecule has 2 rings (SSSR count). The maximum absolute atomic E-state index is 11.8. The van der Waals surface area contributed by atoms with Crippen LogP contribution in [0.2, 0.25) is 0 Å². The minimum atomic E-state index is -0.317. The fourth-order valence-electron chi connectivity index (χ4n) is 1.91. The van der Waals surface area contributed by atoms with Gasteiger partial charge >= 0.3 is 0 Å². The molecule has 0 aliphatic rings. The maximum atomic E-state index is 11.8. The van der Waals surface area contributed by atoms with Crippen molar-refractivity contribution in [3.8, 4) is 5.75 Å². The number of amides is 1. The molecule has 0 atom stereocenters. The number of benzene rings is 1. The smallest absolute Gasteiger partial charge is 0.277 e. The van der Waals surface area contributed by atoms with Gasteiger partial charge in [-0.05, 0) is 35.7 Å². The average Bonchev–Trinajstić information content (AvgIpc) is 2.54. The van der Waals surface area contributed by atoms with E-state index in [9.17, 15) is 4.79 Å². The summed E-state index contributed by atoms with van der Waals surface area (Å²) in [7, 11) is 0. The van der Waals surface area contributed by atoms with Crippen LogP contribution in [0.3, 0.4) is 0 Å². The van der Waals surface area contributed by atoms with Crippen molar-refractivity contribution in [1.29, 1.82) is 0 Å². The summed E-state index contributed by atoms with van der Waals surface area (Å²) >= 11 is 3.44. The lowest BCUT2D eigenvalue weighted by Crippen LogP contribution is -2.24. The molecule has 1 amide bonds. The SMILES string of the molecule is CC(C)c1cc(Br)ccc1OCC(=O)N/N=C/c1cccnc1. The first-order valence-electron chi connectivity index (χ1n) is 7.20. The van der Waals surface area contributed by atoms with Gasteiger partial charge in [-0.1, -0.05) is 35.8 Å². The Morgan fingerprint density at radius 3 is 2.96 bits per heavy atom. The van der Waals surface area contributed by atoms with Gasteiger partial charge in [-0.2, -0.15) is 5.10 Å². The van der Waals surface area contributed by atoms with E-state index in [1.165, 1.54) is 6.21 Å². The Morgan fingerprint density at radius 2 is 2.26 bits per heavy atom. The highest BCUT2D eigenvalue weighted by atomic mass is 79.9. The summed E-state index contributed by atoms with van der Waals surface area (Å²) in [5.41, 5.74) is 4.29. The molecule has 0 bridgehead atoms. The Morgan fingerprint density at radius 1 is 1.43 bits per heavy atom. The molecule has 1 heterocycles. The zero-order chi connectivity index (χ0) is 16.7. The zero-order valence-electron chi connectivity index (χ0n) is 13.0. The standard InChI is InChI=1S/C17H18BrN3O2/c1-12(2)15-8-14(18)5-6-16(15)23-11-17(22)21-20-10-13-4-3-7-19-9-13/h3-10,12H,11H2,1-2H3,(H,21,22)/b20-10+. The molecule has 120 valence electrons. The van der Waals surface area contributed by atoms with Crippen LogP contribution in [0, 0.1) is 0 Å². The van der Waals surface area contributed by atoms with Crippen molar-refractivity contribution in [2.75, 3.05) is 6.61 Å². The molecule has 23 heavy (non-hydrogen) atoms. The van der Waals surface area contributed by atoms with E-state index in [0.29, 0.717) is 11.7 Å². The van der Waals surface area contributed by atoms with Gasteiger partial charge in [0.25, 0.3) is 5.91 Å². The third kappa shape index (κ3) is 5.49. The molecule has 0 saturated heterocycles. The van der Waals surface area contributed by atoms with Gasteiger partial charge in [-0.3, -0.25) is 9.78 Å². The number of nitrogens with one attached hydrogen (secondary N) is 1. The van der Waals surface area contributed by atoms with Crippen LogP contribution >= 0.6 is 15.9 Å². The van der Waals surface area contributed by atoms with E-state index in [2.05, 4.69) is 45.3 Å². The van der Waals surface area contributed by atoms with E-state index >= 15 is 0 Å². The molecular formula is C17H18BrN3O2. The van der Waals surface area contributed by atoms with Crippen molar-refractivity contribution in [3.63, 3.8) is 0 Å². The molecule has 0 saturated carbocycles. The highest BCUT2D eigenvalue weighted by Gasteiger charge is 2.10. The van der Waals surface area contributed by atoms with E-state index in [4.69, 9.17) is 4.74 Å². The lowest BCUT2D eigenvalue weighted by molar-refractivity contribution is -0.123. The van der Waals surface area contributed by atoms with Gasteiger partial charge < -0.3 is 4.74 Å². The lowest BCUT2D eigenvalue weighted by Gasteiger charge is -2.13. The predicted octanol–water partition coefficient (Wildman–Crippen LogP) is 3.50. The lowest BCUT2D eigenvalue weighted by atomic mass is 10.0. The molecule has 0 aliphatic heterocycles. The van der Waals surface area contributed by atoms with Gasteiger partial charge in [-0.15, -0.1) is 0 Å². The Kier molecular flexibility index (Phi) is 6.29. The molecule has 0 unspecified atom stereocenters. The van der Waals surface area contributed by atoms with Crippen LogP contribution in [-0.2, 0) is 4.79 Å². The largest absolute Gasteiger partial charge is 0.483 e. The van der Waals surface area contributed by atoms with Crippen LogP contribution in [0.1, 0.15) is 30.9 Å². The number of pyridine rings is 1. The minimum Gasteiger partial charge on any atom is -0.483 e. The van der Waals surface area contributed by atoms with Gasteiger partial charge in [0, 0.05) is 22.4 Å². The summed E-state index contributed by atoms with van der Waals surface area (Å²) in [5.74, 6) is 0.687. The quantitative estimate of drug-likeness (QED) is 0.620. The number of hydrogen-bond acceptors (Lipinski definition) is 4. The summed E-state index contributed by atoms with van der Waals surface area (Å²) in [5, 5.41) is 3.87. The van der Waals surface area contributed by atoms with Crippen molar-refractivity contribution in [3.05, 3.63) is 58.3 Å². The van der Waals surface area contributed by atoms with Gasteiger partial charge in [0.1, 0.15) is 5.75 Å². The number of aromatic nitrogens is 1. The minimum absolute atomic E-state index is 0.0915. The first-order valence-corrected chi connectivity index (χ1v) is 7.99. The van der Waals surface area contributed by atoms with E-state index in [0.717, 1.165) is 15.6 Å². The van der Waals surface area contributed by atoms with Crippen molar-refractivity contribution < 1.29 is 9.53 Å².